The molecule has 4 saturated carbocycles. The van der Waals surface area contributed by atoms with Crippen molar-refractivity contribution in [1.82, 2.24) is 0 Å². The number of hydrogen-bond acceptors (Lipinski definition) is 4. The van der Waals surface area contributed by atoms with Gasteiger partial charge in [0.05, 0.1) is 0 Å². The maximum absolute atomic E-state index is 2.74. The fourth-order valence-electron chi connectivity index (χ4n) is 27.2. The van der Waals surface area contributed by atoms with E-state index >= 15 is 0 Å². The Kier molecular flexibility index (Phi) is 16.0. The average molecular weight is 1580 g/mol. The maximum atomic E-state index is 2.74. The van der Waals surface area contributed by atoms with Crippen LogP contribution in [-0.4, -0.2) is 22.2 Å². The van der Waals surface area contributed by atoms with Crippen LogP contribution in [0.1, 0.15) is 178 Å². The van der Waals surface area contributed by atoms with Crippen molar-refractivity contribution in [1.29, 1.82) is 0 Å². The molecule has 0 bridgehead atoms. The molecule has 8 aliphatic rings. The van der Waals surface area contributed by atoms with Crippen molar-refractivity contribution < 1.29 is 0 Å². The Morgan fingerprint density at radius 3 is 0.672 bits per heavy atom. The van der Waals surface area contributed by atoms with Gasteiger partial charge in [-0.15, -0.1) is 0 Å². The quantitative estimate of drug-likeness (QED) is 0.135. The first-order valence-electron chi connectivity index (χ1n) is 46.2. The fourth-order valence-corrected chi connectivity index (χ4v) is 27.2. The van der Waals surface area contributed by atoms with E-state index in [1.807, 2.05) is 0 Å². The van der Waals surface area contributed by atoms with E-state index in [2.05, 4.69) is 378 Å². The van der Waals surface area contributed by atoms with E-state index in [1.165, 1.54) is 251 Å². The van der Waals surface area contributed by atoms with Crippen molar-refractivity contribution in [3.8, 4) is 66.8 Å². The predicted octanol–water partition coefficient (Wildman–Crippen LogP) is 32.7. The van der Waals surface area contributed by atoms with Gasteiger partial charge in [0.2, 0.25) is 0 Å². The van der Waals surface area contributed by atoms with Crippen molar-refractivity contribution in [2.75, 3.05) is 19.6 Å². The molecule has 0 saturated heterocycles. The van der Waals surface area contributed by atoms with Crippen LogP contribution in [0, 0.1) is 23.7 Å². The molecule has 122 heavy (non-hydrogen) atoms. The first-order chi connectivity index (χ1) is 59.6. The average Bonchev–Trinajstić information content (AvgIpc) is 1.47. The second-order valence-corrected chi connectivity index (χ2v) is 40.1. The first-order valence-corrected chi connectivity index (χ1v) is 46.2. The van der Waals surface area contributed by atoms with Gasteiger partial charge in [-0.1, -0.05) is 234 Å². The van der Waals surface area contributed by atoms with E-state index in [0.29, 0.717) is 47.3 Å². The Morgan fingerprint density at radius 1 is 0.221 bits per heavy atom. The van der Waals surface area contributed by atoms with Crippen LogP contribution >= 0.6 is 0 Å². The van der Waals surface area contributed by atoms with Gasteiger partial charge in [-0.05, 0) is 379 Å². The zero-order valence-electron chi connectivity index (χ0n) is 71.8. The van der Waals surface area contributed by atoms with Gasteiger partial charge in [-0.2, -0.15) is 0 Å². The first kappa shape index (κ1) is 72.8. The normalized spacial score (nSPS) is 25.7. The second kappa shape index (κ2) is 26.8. The topological polar surface area (TPSA) is 13.0 Å². The van der Waals surface area contributed by atoms with Crippen molar-refractivity contribution in [3.63, 3.8) is 0 Å². The molecule has 0 spiro atoms. The molecule has 17 aromatic carbocycles. The van der Waals surface area contributed by atoms with E-state index < -0.39 is 0 Å². The molecule has 0 amide bonds. The lowest BCUT2D eigenvalue weighted by molar-refractivity contribution is 0.237. The summed E-state index contributed by atoms with van der Waals surface area (Å²) in [5, 5.41) is 16.0. The number of nitrogens with zero attached hydrogens (tertiary/aromatic N) is 4. The van der Waals surface area contributed by atoms with Crippen LogP contribution in [-0.2, 0) is 0 Å². The summed E-state index contributed by atoms with van der Waals surface area (Å²) in [4.78, 5) is 11.0. The standard InChI is InChI=1S/C118H106N4/c1-71-55-59-115(5)97(63-71)93-67-77(39-51-101(93)119(115)81-31-19-11-20-32-81)85-43-47-89-109-90(48-44-86(107(85)109)78-40-52-102-94(68-78)98-64-72(2)56-60-116(98,6)120(102)82-33-21-12-22-34-82)112-106(76-29-17-10-18-30-76)114-92-50-46-88(80-42-54-104-96(70-80)100-66-74(4)58-62-118(100,8)122(104)84-37-25-14-26-38-84)108-87(45-49-91(110(92)108)113(114)105(111(89)112)75-27-15-9-16-28-75)79-41-53-103-95(69-79)99-65-73(3)57-61-117(99,7)121(103)83-35-23-13-24-36-83/h9-54,67-74,97-100H,55-66H2,1-8H3. The molecule has 4 heterocycles. The van der Waals surface area contributed by atoms with Crippen molar-refractivity contribution in [3.05, 3.63) is 326 Å². The summed E-state index contributed by atoms with van der Waals surface area (Å²) in [6.07, 6.45) is 14.2. The van der Waals surface area contributed by atoms with Gasteiger partial charge in [0.25, 0.3) is 0 Å². The summed E-state index contributed by atoms with van der Waals surface area (Å²) < 4.78 is 0. The van der Waals surface area contributed by atoms with Gasteiger partial charge >= 0.3 is 0 Å². The third kappa shape index (κ3) is 10.2. The molecule has 25 rings (SSSR count). The van der Waals surface area contributed by atoms with E-state index in [-0.39, 0.29) is 22.2 Å². The zero-order valence-corrected chi connectivity index (χ0v) is 71.8. The van der Waals surface area contributed by atoms with Crippen molar-refractivity contribution in [2.24, 2.45) is 23.7 Å². The Bertz CT molecular complexity index is 6300. The van der Waals surface area contributed by atoms with E-state index in [1.54, 1.807) is 0 Å². The van der Waals surface area contributed by atoms with Gasteiger partial charge in [-0.25, -0.2) is 0 Å². The predicted molar refractivity (Wildman–Crippen MR) is 517 cm³/mol. The third-order valence-electron chi connectivity index (χ3n) is 33.1. The maximum Gasteiger partial charge on any atom is 0.0492 e. The number of fused-ring (bicyclic) bond motifs is 18. The molecule has 4 aliphatic heterocycles. The number of rotatable bonds is 10. The summed E-state index contributed by atoms with van der Waals surface area (Å²) in [5.41, 5.74) is 31.9. The Labute approximate surface area is 719 Å². The van der Waals surface area contributed by atoms with Crippen LogP contribution in [0.25, 0.3) is 131 Å². The largest absolute Gasteiger partial charge is 0.335 e. The summed E-state index contributed by atoms with van der Waals surface area (Å²) >= 11 is 0. The number of benzene rings is 15. The van der Waals surface area contributed by atoms with E-state index in [0.717, 1.165) is 25.7 Å². The second-order valence-electron chi connectivity index (χ2n) is 40.1. The van der Waals surface area contributed by atoms with Crippen LogP contribution in [0.4, 0.5) is 45.5 Å². The summed E-state index contributed by atoms with van der Waals surface area (Å²) in [6, 6.07) is 120. The smallest absolute Gasteiger partial charge is 0.0492 e. The summed E-state index contributed by atoms with van der Waals surface area (Å²) in [6.45, 7) is 20.3. The minimum atomic E-state index is -0.0485. The van der Waals surface area contributed by atoms with Crippen molar-refractivity contribution in [2.45, 2.75) is 178 Å². The van der Waals surface area contributed by atoms with Crippen LogP contribution in [0.2, 0.25) is 0 Å². The highest BCUT2D eigenvalue weighted by Gasteiger charge is 2.56. The van der Waals surface area contributed by atoms with Crippen molar-refractivity contribution >= 4 is 110 Å². The van der Waals surface area contributed by atoms with Gasteiger partial charge in [-0.3, -0.25) is 0 Å². The SMILES string of the molecule is CC1CCC2(C)C(C1)c1cc(-c3ccc4c5c(-c6ccccc6)c6c7ccc(-c8ccc9c(c8)C8CC(C)CCC8(C)N9c8ccccc8)c8c(-c9ccc%10c(c9)C9CC(C)CCC9(C)N%10c9ccccc9)ccc(c6c(-c6ccccc6)c5c5ccc(-c6ccc9c(c6)C6CC(C)CCC6(C)N9c6ccccc6)c3c45)c87)ccc1N2c1ccccc1. The molecule has 4 aliphatic carbocycles. The molecule has 598 valence electrons. The van der Waals surface area contributed by atoms with E-state index in [9.17, 15) is 0 Å². The highest BCUT2D eigenvalue weighted by Crippen LogP contribution is 2.67. The molecular formula is C118H106N4. The minimum absolute atomic E-state index is 0.0485. The lowest BCUT2D eigenvalue weighted by atomic mass is 9.69. The lowest BCUT2D eigenvalue weighted by Crippen LogP contribution is -2.46. The fraction of sp³-hybridized carbons (Fsp3) is 0.271. The molecule has 0 radical (unpaired) electrons. The molecule has 17 aromatic rings. The molecule has 12 unspecified atom stereocenters. The molecule has 4 nitrogen and oxygen atoms in total. The van der Waals surface area contributed by atoms with Gasteiger partial charge in [0.1, 0.15) is 0 Å². The summed E-state index contributed by atoms with van der Waals surface area (Å²) in [7, 11) is 0. The molecular weight excluding hydrogens is 1470 g/mol. The van der Waals surface area contributed by atoms with Crippen LogP contribution in [0.3, 0.4) is 0 Å². The number of anilines is 8. The minimum Gasteiger partial charge on any atom is -0.335 e. The molecule has 4 fully saturated rings. The number of para-hydroxylation sites is 4. The van der Waals surface area contributed by atoms with Gasteiger partial charge in [0.15, 0.2) is 0 Å². The molecule has 0 N–H and O–H groups in total. The molecule has 12 atom stereocenters. The Hall–Kier alpha value is -12.0. The molecule has 4 heteroatoms. The summed E-state index contributed by atoms with van der Waals surface area (Å²) in [5.74, 6) is 4.09. The van der Waals surface area contributed by atoms with E-state index in [4.69, 9.17) is 0 Å². The van der Waals surface area contributed by atoms with Crippen LogP contribution in [0.5, 0.6) is 0 Å². The number of hydrogen-bond donors (Lipinski definition) is 0. The zero-order chi connectivity index (χ0) is 81.6. The third-order valence-corrected chi connectivity index (χ3v) is 33.1. The van der Waals surface area contributed by atoms with Gasteiger partial charge in [0, 0.05) is 91.3 Å². The monoisotopic (exact) mass is 1580 g/mol. The van der Waals surface area contributed by atoms with Crippen LogP contribution < -0.4 is 19.6 Å². The highest BCUT2D eigenvalue weighted by atomic mass is 15.3. The lowest BCUT2D eigenvalue weighted by Gasteiger charge is -2.45. The highest BCUT2D eigenvalue weighted by molar-refractivity contribution is 6.48. The van der Waals surface area contributed by atoms with Crippen LogP contribution in [0.15, 0.2) is 303 Å². The Balaban J connectivity index is 0.786. The van der Waals surface area contributed by atoms with Gasteiger partial charge < -0.3 is 19.6 Å². The molecule has 0 aromatic heterocycles. The Morgan fingerprint density at radius 2 is 0.443 bits per heavy atom.